The van der Waals surface area contributed by atoms with Gasteiger partial charge in [0.05, 0.1) is 17.1 Å². The Balaban J connectivity index is 2.53. The van der Waals surface area contributed by atoms with Crippen LogP contribution >= 0.6 is 0 Å². The van der Waals surface area contributed by atoms with Gasteiger partial charge in [0.15, 0.2) is 0 Å². The van der Waals surface area contributed by atoms with E-state index >= 15 is 0 Å². The summed E-state index contributed by atoms with van der Waals surface area (Å²) in [6.45, 7) is 7.55. The van der Waals surface area contributed by atoms with Crippen LogP contribution in [0.5, 0.6) is 0 Å². The second-order valence-corrected chi connectivity index (χ2v) is 4.85. The number of aromatic nitrogens is 2. The molecule has 4 N–H and O–H groups in total. The molecule has 90 valence electrons. The third kappa shape index (κ3) is 3.66. The zero-order valence-corrected chi connectivity index (χ0v) is 10.3. The first-order valence-electron chi connectivity index (χ1n) is 5.40. The predicted octanol–water partition coefficient (Wildman–Crippen LogP) is 1.48. The van der Waals surface area contributed by atoms with E-state index in [1.807, 2.05) is 27.7 Å². The Morgan fingerprint density at radius 3 is 2.56 bits per heavy atom. The van der Waals surface area contributed by atoms with E-state index in [0.717, 1.165) is 17.1 Å². The molecule has 0 aromatic carbocycles. The second kappa shape index (κ2) is 4.65. The van der Waals surface area contributed by atoms with E-state index in [1.54, 1.807) is 0 Å². The number of aromatic amines is 1. The van der Waals surface area contributed by atoms with E-state index in [0.29, 0.717) is 12.8 Å². The third-order valence-corrected chi connectivity index (χ3v) is 2.39. The van der Waals surface area contributed by atoms with Crippen LogP contribution in [0.1, 0.15) is 38.1 Å². The summed E-state index contributed by atoms with van der Waals surface area (Å²) in [5.74, 6) is -0.0221. The minimum atomic E-state index is -0.308. The van der Waals surface area contributed by atoms with Crippen molar-refractivity contribution in [2.45, 2.75) is 46.1 Å². The first kappa shape index (κ1) is 12.7. The fourth-order valence-electron chi connectivity index (χ4n) is 1.37. The van der Waals surface area contributed by atoms with Gasteiger partial charge in [-0.2, -0.15) is 5.10 Å². The van der Waals surface area contributed by atoms with Gasteiger partial charge in [-0.1, -0.05) is 0 Å². The van der Waals surface area contributed by atoms with Crippen molar-refractivity contribution in [1.29, 1.82) is 0 Å². The molecule has 1 aromatic rings. The van der Waals surface area contributed by atoms with Crippen LogP contribution < -0.4 is 11.1 Å². The van der Waals surface area contributed by atoms with E-state index in [-0.39, 0.29) is 11.4 Å². The molecule has 16 heavy (non-hydrogen) atoms. The topological polar surface area (TPSA) is 83.8 Å². The molecule has 0 aliphatic heterocycles. The highest BCUT2D eigenvalue weighted by Gasteiger charge is 2.15. The quantitative estimate of drug-likeness (QED) is 0.724. The van der Waals surface area contributed by atoms with Gasteiger partial charge in [-0.3, -0.25) is 9.89 Å². The molecule has 1 heterocycles. The molecule has 0 saturated heterocycles. The summed E-state index contributed by atoms with van der Waals surface area (Å²) in [4.78, 5) is 11.7. The number of H-pyrrole nitrogens is 1. The summed E-state index contributed by atoms with van der Waals surface area (Å²) in [6.07, 6.45) is 1.09. The zero-order valence-electron chi connectivity index (χ0n) is 10.3. The summed E-state index contributed by atoms with van der Waals surface area (Å²) in [7, 11) is 0. The Morgan fingerprint density at radius 1 is 1.50 bits per heavy atom. The molecule has 0 saturated carbocycles. The number of nitrogens with two attached hydrogens (primary N) is 1. The number of nitrogens with one attached hydrogen (secondary N) is 2. The number of hydrogen-bond donors (Lipinski definition) is 3. The lowest BCUT2D eigenvalue weighted by Gasteiger charge is -2.17. The molecule has 5 nitrogen and oxygen atoms in total. The number of hydrogen-bond acceptors (Lipinski definition) is 3. The van der Waals surface area contributed by atoms with Crippen LogP contribution in [0.15, 0.2) is 0 Å². The van der Waals surface area contributed by atoms with Gasteiger partial charge in [-0.05, 0) is 34.1 Å². The first-order valence-corrected chi connectivity index (χ1v) is 5.40. The SMILES string of the molecule is Cc1n[nH]c(C)c1NC(=O)CCC(C)(C)N. The lowest BCUT2D eigenvalue weighted by Crippen LogP contribution is -2.33. The van der Waals surface area contributed by atoms with Crippen molar-refractivity contribution in [2.75, 3.05) is 5.32 Å². The molecule has 0 unspecified atom stereocenters. The van der Waals surface area contributed by atoms with Crippen LogP contribution in [0.25, 0.3) is 0 Å². The molecule has 1 rings (SSSR count). The summed E-state index contributed by atoms with van der Waals surface area (Å²) >= 11 is 0. The van der Waals surface area contributed by atoms with Crippen molar-refractivity contribution in [3.63, 3.8) is 0 Å². The summed E-state index contributed by atoms with van der Waals surface area (Å²) in [5.41, 5.74) is 7.96. The van der Waals surface area contributed by atoms with Crippen molar-refractivity contribution in [3.8, 4) is 0 Å². The summed E-state index contributed by atoms with van der Waals surface area (Å²) in [5, 5.41) is 9.68. The maximum atomic E-state index is 11.7. The zero-order chi connectivity index (χ0) is 12.3. The fraction of sp³-hybridized carbons (Fsp3) is 0.636. The smallest absolute Gasteiger partial charge is 0.224 e. The molecule has 0 aliphatic rings. The molecule has 0 atom stereocenters. The van der Waals surface area contributed by atoms with Crippen molar-refractivity contribution in [2.24, 2.45) is 5.73 Å². The number of rotatable bonds is 4. The highest BCUT2D eigenvalue weighted by atomic mass is 16.1. The van der Waals surface area contributed by atoms with Gasteiger partial charge in [0.2, 0.25) is 5.91 Å². The minimum Gasteiger partial charge on any atom is -0.326 e. The van der Waals surface area contributed by atoms with E-state index < -0.39 is 0 Å². The Kier molecular flexibility index (Phi) is 3.70. The van der Waals surface area contributed by atoms with Crippen LogP contribution in [0.2, 0.25) is 0 Å². The molecule has 0 aliphatic carbocycles. The fourth-order valence-corrected chi connectivity index (χ4v) is 1.37. The number of amides is 1. The van der Waals surface area contributed by atoms with Crippen molar-refractivity contribution in [1.82, 2.24) is 10.2 Å². The van der Waals surface area contributed by atoms with Crippen molar-refractivity contribution >= 4 is 11.6 Å². The minimum absolute atomic E-state index is 0.0221. The van der Waals surface area contributed by atoms with Crippen molar-refractivity contribution < 1.29 is 4.79 Å². The van der Waals surface area contributed by atoms with Gasteiger partial charge in [-0.25, -0.2) is 0 Å². The lowest BCUT2D eigenvalue weighted by atomic mass is 10.00. The summed E-state index contributed by atoms with van der Waals surface area (Å²) < 4.78 is 0. The normalized spacial score (nSPS) is 11.6. The van der Waals surface area contributed by atoms with Gasteiger partial charge in [-0.15, -0.1) is 0 Å². The first-order chi connectivity index (χ1) is 7.29. The molecule has 1 amide bonds. The number of aryl methyl sites for hydroxylation is 2. The van der Waals surface area contributed by atoms with E-state index in [1.165, 1.54) is 0 Å². The molecule has 5 heteroatoms. The average molecular weight is 224 g/mol. The van der Waals surface area contributed by atoms with Gasteiger partial charge >= 0.3 is 0 Å². The highest BCUT2D eigenvalue weighted by Crippen LogP contribution is 2.17. The predicted molar refractivity (Wildman–Crippen MR) is 64.2 cm³/mol. The number of anilines is 1. The van der Waals surface area contributed by atoms with Crippen LogP contribution in [-0.2, 0) is 4.79 Å². The number of carbonyl (C=O) groups is 1. The molecule has 1 aromatic heterocycles. The van der Waals surface area contributed by atoms with Crippen LogP contribution in [0, 0.1) is 13.8 Å². The number of nitrogens with zero attached hydrogens (tertiary/aromatic N) is 1. The molecule has 0 spiro atoms. The highest BCUT2D eigenvalue weighted by molar-refractivity contribution is 5.91. The monoisotopic (exact) mass is 224 g/mol. The lowest BCUT2D eigenvalue weighted by molar-refractivity contribution is -0.116. The Bertz CT molecular complexity index is 356. The largest absolute Gasteiger partial charge is 0.326 e. The van der Waals surface area contributed by atoms with Crippen LogP contribution in [0.4, 0.5) is 5.69 Å². The Labute approximate surface area is 95.8 Å². The maximum absolute atomic E-state index is 11.7. The molecular formula is C11H20N4O. The standard InChI is InChI=1S/C11H20N4O/c1-7-10(8(2)15-14-7)13-9(16)5-6-11(3,4)12/h5-6,12H2,1-4H3,(H,13,16)(H,14,15). The van der Waals surface area contributed by atoms with E-state index in [2.05, 4.69) is 15.5 Å². The van der Waals surface area contributed by atoms with Gasteiger partial charge in [0.25, 0.3) is 0 Å². The molecule has 0 fully saturated rings. The van der Waals surface area contributed by atoms with Gasteiger partial charge in [0.1, 0.15) is 0 Å². The van der Waals surface area contributed by atoms with Crippen molar-refractivity contribution in [3.05, 3.63) is 11.4 Å². The Morgan fingerprint density at radius 2 is 2.12 bits per heavy atom. The molecule has 0 radical (unpaired) electrons. The van der Waals surface area contributed by atoms with Crippen LogP contribution in [0.3, 0.4) is 0 Å². The maximum Gasteiger partial charge on any atom is 0.224 e. The number of carbonyl (C=O) groups excluding carboxylic acids is 1. The molecular weight excluding hydrogens is 204 g/mol. The van der Waals surface area contributed by atoms with Gasteiger partial charge < -0.3 is 11.1 Å². The van der Waals surface area contributed by atoms with E-state index in [4.69, 9.17) is 5.73 Å². The van der Waals surface area contributed by atoms with Crippen LogP contribution in [-0.4, -0.2) is 21.6 Å². The second-order valence-electron chi connectivity index (χ2n) is 4.85. The molecule has 0 bridgehead atoms. The summed E-state index contributed by atoms with van der Waals surface area (Å²) in [6, 6.07) is 0. The Hall–Kier alpha value is -1.36. The third-order valence-electron chi connectivity index (χ3n) is 2.39. The van der Waals surface area contributed by atoms with E-state index in [9.17, 15) is 4.79 Å². The average Bonchev–Trinajstić information content (AvgIpc) is 2.45. The van der Waals surface area contributed by atoms with Gasteiger partial charge in [0, 0.05) is 12.0 Å².